The van der Waals surface area contributed by atoms with E-state index < -0.39 is 0 Å². The molecular formula is C12H14N6. The highest BCUT2D eigenvalue weighted by Gasteiger charge is 2.03. The van der Waals surface area contributed by atoms with Crippen molar-refractivity contribution >= 4 is 11.5 Å². The molecule has 6 heteroatoms. The molecule has 0 fully saturated rings. The lowest BCUT2D eigenvalue weighted by Gasteiger charge is -2.07. The summed E-state index contributed by atoms with van der Waals surface area (Å²) in [6.07, 6.45) is 5.30. The van der Waals surface area contributed by atoms with Gasteiger partial charge in [0, 0.05) is 12.7 Å². The van der Waals surface area contributed by atoms with Crippen LogP contribution in [0.1, 0.15) is 11.1 Å². The van der Waals surface area contributed by atoms with Crippen molar-refractivity contribution in [3.05, 3.63) is 35.8 Å². The molecule has 6 nitrogen and oxygen atoms in total. The van der Waals surface area contributed by atoms with Gasteiger partial charge in [-0.2, -0.15) is 10.4 Å². The fraction of sp³-hybridized carbons (Fsp3) is 0.250. The van der Waals surface area contributed by atoms with E-state index in [9.17, 15) is 0 Å². The Morgan fingerprint density at radius 1 is 1.50 bits per heavy atom. The summed E-state index contributed by atoms with van der Waals surface area (Å²) < 4.78 is 1.84. The van der Waals surface area contributed by atoms with Gasteiger partial charge in [-0.1, -0.05) is 0 Å². The average Bonchev–Trinajstić information content (AvgIpc) is 2.77. The van der Waals surface area contributed by atoms with Crippen LogP contribution in [0.25, 0.3) is 0 Å². The van der Waals surface area contributed by atoms with Gasteiger partial charge in [0.15, 0.2) is 0 Å². The Morgan fingerprint density at radius 3 is 3.00 bits per heavy atom. The molecule has 2 aromatic heterocycles. The molecule has 0 amide bonds. The number of anilines is 2. The maximum absolute atomic E-state index is 8.96. The predicted molar refractivity (Wildman–Crippen MR) is 68.8 cm³/mol. The Kier molecular flexibility index (Phi) is 3.44. The summed E-state index contributed by atoms with van der Waals surface area (Å²) in [5, 5.41) is 16.2. The van der Waals surface area contributed by atoms with E-state index in [4.69, 9.17) is 11.0 Å². The maximum Gasteiger partial charge on any atom is 0.144 e. The lowest BCUT2D eigenvalue weighted by molar-refractivity contribution is 0.636. The zero-order valence-electron chi connectivity index (χ0n) is 10.1. The van der Waals surface area contributed by atoms with E-state index >= 15 is 0 Å². The molecule has 0 aliphatic rings. The van der Waals surface area contributed by atoms with E-state index in [0.717, 1.165) is 5.56 Å². The molecule has 2 aromatic rings. The minimum atomic E-state index is 0.451. The molecule has 0 atom stereocenters. The molecule has 2 rings (SSSR count). The number of aryl methyl sites for hydroxylation is 1. The first-order chi connectivity index (χ1) is 8.69. The highest BCUT2D eigenvalue weighted by atomic mass is 15.3. The van der Waals surface area contributed by atoms with Gasteiger partial charge >= 0.3 is 0 Å². The van der Waals surface area contributed by atoms with Gasteiger partial charge in [0.2, 0.25) is 0 Å². The lowest BCUT2D eigenvalue weighted by atomic mass is 10.2. The van der Waals surface area contributed by atoms with Gasteiger partial charge in [-0.3, -0.25) is 4.68 Å². The standard InChI is InChI=1S/C12H14N6/c1-9-6-17-18(8-9)3-2-15-12-10(5-13)4-11(14)7-16-12/h4,6-8H,2-3,14H2,1H3,(H,15,16). The van der Waals surface area contributed by atoms with Crippen LogP contribution in [0.15, 0.2) is 24.7 Å². The summed E-state index contributed by atoms with van der Waals surface area (Å²) in [6, 6.07) is 3.67. The van der Waals surface area contributed by atoms with E-state index in [1.165, 1.54) is 6.20 Å². The van der Waals surface area contributed by atoms with Crippen LogP contribution in [-0.4, -0.2) is 21.3 Å². The van der Waals surface area contributed by atoms with Crippen LogP contribution in [0.3, 0.4) is 0 Å². The molecule has 0 unspecified atom stereocenters. The molecule has 3 N–H and O–H groups in total. The number of nitrogen functional groups attached to an aromatic ring is 1. The normalized spacial score (nSPS) is 10.0. The number of nitriles is 1. The SMILES string of the molecule is Cc1cnn(CCNc2ncc(N)cc2C#N)c1. The number of hydrogen-bond acceptors (Lipinski definition) is 5. The van der Waals surface area contributed by atoms with Crippen molar-refractivity contribution in [1.82, 2.24) is 14.8 Å². The van der Waals surface area contributed by atoms with Crippen LogP contribution >= 0.6 is 0 Å². The summed E-state index contributed by atoms with van der Waals surface area (Å²) in [5.74, 6) is 0.551. The second kappa shape index (κ2) is 5.19. The van der Waals surface area contributed by atoms with Crippen molar-refractivity contribution in [1.29, 1.82) is 5.26 Å². The summed E-state index contributed by atoms with van der Waals surface area (Å²) in [5.41, 5.74) is 7.63. The monoisotopic (exact) mass is 242 g/mol. The van der Waals surface area contributed by atoms with Gasteiger partial charge in [-0.25, -0.2) is 4.98 Å². The zero-order valence-corrected chi connectivity index (χ0v) is 10.1. The largest absolute Gasteiger partial charge is 0.397 e. The first kappa shape index (κ1) is 11.9. The van der Waals surface area contributed by atoms with Crippen LogP contribution in [0.2, 0.25) is 0 Å². The molecule has 0 spiro atoms. The first-order valence-corrected chi connectivity index (χ1v) is 5.57. The molecule has 0 saturated heterocycles. The number of pyridine rings is 1. The van der Waals surface area contributed by atoms with E-state index in [-0.39, 0.29) is 0 Å². The number of nitrogens with zero attached hydrogens (tertiary/aromatic N) is 4. The third kappa shape index (κ3) is 2.77. The van der Waals surface area contributed by atoms with Gasteiger partial charge in [-0.05, 0) is 18.6 Å². The van der Waals surface area contributed by atoms with Crippen molar-refractivity contribution in [3.8, 4) is 6.07 Å². The van der Waals surface area contributed by atoms with Crippen molar-refractivity contribution in [2.45, 2.75) is 13.5 Å². The Morgan fingerprint density at radius 2 is 2.33 bits per heavy atom. The van der Waals surface area contributed by atoms with Crippen LogP contribution in [-0.2, 0) is 6.54 Å². The molecule has 0 bridgehead atoms. The third-order valence-electron chi connectivity index (χ3n) is 2.42. The highest BCUT2D eigenvalue weighted by molar-refractivity contribution is 5.57. The quantitative estimate of drug-likeness (QED) is 0.839. The Balaban J connectivity index is 1.96. The number of nitrogens with one attached hydrogen (secondary N) is 1. The van der Waals surface area contributed by atoms with Crippen LogP contribution in [0.5, 0.6) is 0 Å². The van der Waals surface area contributed by atoms with Crippen molar-refractivity contribution < 1.29 is 0 Å². The summed E-state index contributed by atoms with van der Waals surface area (Å²) in [4.78, 5) is 4.10. The molecule has 0 aromatic carbocycles. The minimum absolute atomic E-state index is 0.451. The maximum atomic E-state index is 8.96. The van der Waals surface area contributed by atoms with E-state index in [1.807, 2.05) is 24.0 Å². The van der Waals surface area contributed by atoms with Gasteiger partial charge in [-0.15, -0.1) is 0 Å². The Labute approximate surface area is 105 Å². The summed E-state index contributed by atoms with van der Waals surface area (Å²) in [7, 11) is 0. The average molecular weight is 242 g/mol. The summed E-state index contributed by atoms with van der Waals surface area (Å²) in [6.45, 7) is 3.35. The lowest BCUT2D eigenvalue weighted by Crippen LogP contribution is -2.12. The van der Waals surface area contributed by atoms with Crippen LogP contribution < -0.4 is 11.1 Å². The number of aromatic nitrogens is 3. The topological polar surface area (TPSA) is 92.6 Å². The van der Waals surface area contributed by atoms with Crippen LogP contribution in [0, 0.1) is 18.3 Å². The second-order valence-electron chi connectivity index (χ2n) is 3.98. The van der Waals surface area contributed by atoms with E-state index in [1.54, 1.807) is 6.07 Å². The minimum Gasteiger partial charge on any atom is -0.397 e. The molecule has 0 aliphatic heterocycles. The molecule has 0 radical (unpaired) electrons. The second-order valence-corrected chi connectivity index (χ2v) is 3.98. The molecule has 0 saturated carbocycles. The fourth-order valence-corrected chi connectivity index (χ4v) is 1.59. The highest BCUT2D eigenvalue weighted by Crippen LogP contribution is 2.13. The number of rotatable bonds is 4. The van der Waals surface area contributed by atoms with E-state index in [2.05, 4.69) is 21.5 Å². The number of nitrogens with two attached hydrogens (primary N) is 1. The summed E-state index contributed by atoms with van der Waals surface area (Å²) >= 11 is 0. The fourth-order valence-electron chi connectivity index (χ4n) is 1.59. The van der Waals surface area contributed by atoms with Crippen molar-refractivity contribution in [3.63, 3.8) is 0 Å². The predicted octanol–water partition coefficient (Wildman–Crippen LogP) is 1.15. The molecule has 2 heterocycles. The molecule has 18 heavy (non-hydrogen) atoms. The third-order valence-corrected chi connectivity index (χ3v) is 2.42. The zero-order chi connectivity index (χ0) is 13.0. The first-order valence-electron chi connectivity index (χ1n) is 5.57. The van der Waals surface area contributed by atoms with Gasteiger partial charge in [0.05, 0.1) is 30.2 Å². The number of hydrogen-bond donors (Lipinski definition) is 2. The molecular weight excluding hydrogens is 228 g/mol. The van der Waals surface area contributed by atoms with Gasteiger partial charge in [0.25, 0.3) is 0 Å². The van der Waals surface area contributed by atoms with E-state index in [0.29, 0.717) is 30.2 Å². The Hall–Kier alpha value is -2.55. The Bertz CT molecular complexity index is 580. The molecule has 92 valence electrons. The van der Waals surface area contributed by atoms with Crippen molar-refractivity contribution in [2.75, 3.05) is 17.6 Å². The smallest absolute Gasteiger partial charge is 0.144 e. The van der Waals surface area contributed by atoms with Crippen molar-refractivity contribution in [2.24, 2.45) is 0 Å². The van der Waals surface area contributed by atoms with Gasteiger partial charge < -0.3 is 11.1 Å². The molecule has 0 aliphatic carbocycles. The van der Waals surface area contributed by atoms with Crippen LogP contribution in [0.4, 0.5) is 11.5 Å². The van der Waals surface area contributed by atoms with Gasteiger partial charge in [0.1, 0.15) is 11.9 Å².